The lowest BCUT2D eigenvalue weighted by Crippen LogP contribution is -2.40. The summed E-state index contributed by atoms with van der Waals surface area (Å²) in [5.74, 6) is 0.0221. The molecular weight excluding hydrogens is 239 g/mol. The Kier molecular flexibility index (Phi) is 3.23. The Balaban J connectivity index is 2.07. The summed E-state index contributed by atoms with van der Waals surface area (Å²) < 4.78 is 15.4. The molecule has 1 fully saturated rings. The number of alkyl halides is 1. The lowest BCUT2D eigenvalue weighted by atomic mass is 9.79. The summed E-state index contributed by atoms with van der Waals surface area (Å²) in [6.45, 7) is 3.45. The summed E-state index contributed by atoms with van der Waals surface area (Å²) in [4.78, 5) is 4.21. The first-order chi connectivity index (χ1) is 9.19. The predicted molar refractivity (Wildman–Crippen MR) is 75.8 cm³/mol. The van der Waals surface area contributed by atoms with Crippen LogP contribution >= 0.6 is 0 Å². The molecule has 19 heavy (non-hydrogen) atoms. The number of benzene rings is 1. The normalized spacial score (nSPS) is 23.2. The molecule has 100 valence electrons. The molecule has 1 aliphatic heterocycles. The highest BCUT2D eigenvalue weighted by atomic mass is 19.1. The third-order valence-corrected chi connectivity index (χ3v) is 4.26. The number of nitrogens with zero attached hydrogens (tertiary/aromatic N) is 1. The van der Waals surface area contributed by atoms with Crippen LogP contribution in [0.15, 0.2) is 36.7 Å². The fraction of sp³-hybridized carbons (Fsp3) is 0.438. The average molecular weight is 258 g/mol. The van der Waals surface area contributed by atoms with E-state index in [1.165, 1.54) is 0 Å². The Bertz CT molecular complexity index is 568. The van der Waals surface area contributed by atoms with Gasteiger partial charge in [-0.25, -0.2) is 4.39 Å². The van der Waals surface area contributed by atoms with Crippen molar-refractivity contribution in [2.75, 3.05) is 13.1 Å². The molecule has 2 unspecified atom stereocenters. The quantitative estimate of drug-likeness (QED) is 0.892. The van der Waals surface area contributed by atoms with Crippen LogP contribution in [0.4, 0.5) is 4.39 Å². The molecule has 3 heteroatoms. The number of nitrogens with one attached hydrogen (secondary N) is 1. The molecule has 0 saturated carbocycles. The minimum atomic E-state index is -1.33. The van der Waals surface area contributed by atoms with Crippen molar-refractivity contribution in [3.63, 3.8) is 0 Å². The Morgan fingerprint density at radius 3 is 2.95 bits per heavy atom. The number of aromatic nitrogens is 1. The van der Waals surface area contributed by atoms with Gasteiger partial charge in [-0.05, 0) is 31.7 Å². The van der Waals surface area contributed by atoms with Crippen molar-refractivity contribution in [2.24, 2.45) is 5.92 Å². The maximum absolute atomic E-state index is 15.4. The molecule has 1 aromatic carbocycles. The minimum absolute atomic E-state index is 0.0221. The summed E-state index contributed by atoms with van der Waals surface area (Å²) in [6, 6.07) is 7.90. The van der Waals surface area contributed by atoms with Crippen molar-refractivity contribution >= 4 is 10.8 Å². The minimum Gasteiger partial charge on any atom is -0.316 e. The fourth-order valence-electron chi connectivity index (χ4n) is 3.04. The monoisotopic (exact) mass is 258 g/mol. The number of piperidine rings is 1. The van der Waals surface area contributed by atoms with Gasteiger partial charge in [0.15, 0.2) is 0 Å². The van der Waals surface area contributed by atoms with Gasteiger partial charge in [0, 0.05) is 35.8 Å². The zero-order chi connectivity index (χ0) is 13.3. The van der Waals surface area contributed by atoms with Crippen molar-refractivity contribution in [1.82, 2.24) is 10.3 Å². The summed E-state index contributed by atoms with van der Waals surface area (Å²) in [7, 11) is 0. The molecule has 1 saturated heterocycles. The van der Waals surface area contributed by atoms with Gasteiger partial charge in [-0.1, -0.05) is 24.3 Å². The molecule has 2 heterocycles. The maximum Gasteiger partial charge on any atom is 0.139 e. The van der Waals surface area contributed by atoms with Crippen LogP contribution < -0.4 is 5.32 Å². The highest BCUT2D eigenvalue weighted by Gasteiger charge is 2.38. The van der Waals surface area contributed by atoms with Crippen LogP contribution in [-0.4, -0.2) is 18.1 Å². The summed E-state index contributed by atoms with van der Waals surface area (Å²) in [6.07, 6.45) is 5.47. The Labute approximate surface area is 113 Å². The van der Waals surface area contributed by atoms with E-state index < -0.39 is 5.67 Å². The number of halogens is 1. The van der Waals surface area contributed by atoms with Gasteiger partial charge in [-0.15, -0.1) is 0 Å². The van der Waals surface area contributed by atoms with Crippen LogP contribution in [-0.2, 0) is 5.67 Å². The molecule has 2 nitrogen and oxygen atoms in total. The van der Waals surface area contributed by atoms with Gasteiger partial charge in [0.1, 0.15) is 5.67 Å². The van der Waals surface area contributed by atoms with Crippen molar-refractivity contribution in [2.45, 2.75) is 25.4 Å². The lowest BCUT2D eigenvalue weighted by molar-refractivity contribution is 0.0824. The molecule has 1 N–H and O–H groups in total. The van der Waals surface area contributed by atoms with Gasteiger partial charge < -0.3 is 5.32 Å². The molecule has 1 aliphatic rings. The molecule has 0 radical (unpaired) electrons. The standard InChI is InChI=1S/C16H19FN2/c1-16(17,13-6-4-8-18-10-13)15-11-19-9-12-5-2-3-7-14(12)15/h2-3,5,7,9,11,13,18H,4,6,8,10H2,1H3. The van der Waals surface area contributed by atoms with Gasteiger partial charge in [0.05, 0.1) is 0 Å². The van der Waals surface area contributed by atoms with Crippen LogP contribution in [0.25, 0.3) is 10.8 Å². The van der Waals surface area contributed by atoms with E-state index >= 15 is 4.39 Å². The fourth-order valence-corrected chi connectivity index (χ4v) is 3.04. The largest absolute Gasteiger partial charge is 0.316 e. The van der Waals surface area contributed by atoms with Gasteiger partial charge in [-0.3, -0.25) is 4.98 Å². The number of rotatable bonds is 2. The second-order valence-corrected chi connectivity index (χ2v) is 5.53. The highest BCUT2D eigenvalue weighted by molar-refractivity contribution is 5.85. The van der Waals surface area contributed by atoms with E-state index in [4.69, 9.17) is 0 Å². The number of hydrogen-bond acceptors (Lipinski definition) is 2. The van der Waals surface area contributed by atoms with Crippen LogP contribution in [0.2, 0.25) is 0 Å². The molecule has 1 aromatic heterocycles. The third-order valence-electron chi connectivity index (χ3n) is 4.26. The molecule has 0 spiro atoms. The molecule has 2 atom stereocenters. The SMILES string of the molecule is CC(F)(c1cncc2ccccc12)C1CCCNC1. The summed E-state index contributed by atoms with van der Waals surface area (Å²) in [5.41, 5.74) is -0.610. The van der Waals surface area contributed by atoms with Gasteiger partial charge in [0.2, 0.25) is 0 Å². The van der Waals surface area contributed by atoms with Crippen LogP contribution in [0.1, 0.15) is 25.3 Å². The Hall–Kier alpha value is -1.48. The van der Waals surface area contributed by atoms with Crippen LogP contribution in [0.3, 0.4) is 0 Å². The van der Waals surface area contributed by atoms with Crippen molar-refractivity contribution in [3.05, 3.63) is 42.2 Å². The van der Waals surface area contributed by atoms with Crippen molar-refractivity contribution in [3.8, 4) is 0 Å². The smallest absolute Gasteiger partial charge is 0.139 e. The van der Waals surface area contributed by atoms with E-state index in [-0.39, 0.29) is 5.92 Å². The second-order valence-electron chi connectivity index (χ2n) is 5.53. The summed E-state index contributed by atoms with van der Waals surface area (Å²) >= 11 is 0. The van der Waals surface area contributed by atoms with E-state index in [0.29, 0.717) is 0 Å². The average Bonchev–Trinajstić information content (AvgIpc) is 2.47. The first kappa shape index (κ1) is 12.5. The molecule has 3 rings (SSSR count). The van der Waals surface area contributed by atoms with Crippen molar-refractivity contribution in [1.29, 1.82) is 0 Å². The Morgan fingerprint density at radius 2 is 2.16 bits per heavy atom. The van der Waals surface area contributed by atoms with Gasteiger partial charge >= 0.3 is 0 Å². The molecular formula is C16H19FN2. The predicted octanol–water partition coefficient (Wildman–Crippen LogP) is 3.42. The zero-order valence-electron chi connectivity index (χ0n) is 11.2. The topological polar surface area (TPSA) is 24.9 Å². The van der Waals surface area contributed by atoms with Gasteiger partial charge in [-0.2, -0.15) is 0 Å². The Morgan fingerprint density at radius 1 is 1.32 bits per heavy atom. The first-order valence-corrected chi connectivity index (χ1v) is 6.92. The lowest BCUT2D eigenvalue weighted by Gasteiger charge is -2.34. The molecule has 0 amide bonds. The highest BCUT2D eigenvalue weighted by Crippen LogP contribution is 2.39. The third kappa shape index (κ3) is 2.23. The van der Waals surface area contributed by atoms with Crippen LogP contribution in [0.5, 0.6) is 0 Å². The van der Waals surface area contributed by atoms with E-state index in [1.807, 2.05) is 24.3 Å². The van der Waals surface area contributed by atoms with E-state index in [9.17, 15) is 0 Å². The van der Waals surface area contributed by atoms with Crippen LogP contribution in [0, 0.1) is 5.92 Å². The number of fused-ring (bicyclic) bond motifs is 1. The molecule has 0 aliphatic carbocycles. The maximum atomic E-state index is 15.4. The van der Waals surface area contributed by atoms with E-state index in [0.717, 1.165) is 42.3 Å². The van der Waals surface area contributed by atoms with Crippen molar-refractivity contribution < 1.29 is 4.39 Å². The summed E-state index contributed by atoms with van der Waals surface area (Å²) in [5, 5.41) is 5.29. The zero-order valence-corrected chi connectivity index (χ0v) is 11.2. The second kappa shape index (κ2) is 4.89. The molecule has 2 aromatic rings. The van der Waals surface area contributed by atoms with Gasteiger partial charge in [0.25, 0.3) is 0 Å². The first-order valence-electron chi connectivity index (χ1n) is 6.92. The van der Waals surface area contributed by atoms with E-state index in [2.05, 4.69) is 10.3 Å². The number of hydrogen-bond donors (Lipinski definition) is 1. The number of pyridine rings is 1. The van der Waals surface area contributed by atoms with E-state index in [1.54, 1.807) is 19.3 Å². The molecule has 0 bridgehead atoms.